The lowest BCUT2D eigenvalue weighted by Gasteiger charge is -2.12. The Kier molecular flexibility index (Phi) is 6.83. The van der Waals surface area contributed by atoms with Crippen LogP contribution in [0.15, 0.2) is 191 Å². The molecule has 0 aliphatic heterocycles. The zero-order valence-electron chi connectivity index (χ0n) is 30.4. The number of benzene rings is 8. The van der Waals surface area contributed by atoms with Crippen molar-refractivity contribution in [1.29, 1.82) is 0 Å². The van der Waals surface area contributed by atoms with Crippen molar-refractivity contribution in [3.05, 3.63) is 182 Å². The van der Waals surface area contributed by atoms with Gasteiger partial charge in [0.1, 0.15) is 22.3 Å². The number of nitrogens with zero attached hydrogens (tertiary/aromatic N) is 4. The van der Waals surface area contributed by atoms with E-state index >= 15 is 0 Å². The molecular formula is C51H30N4O2. The van der Waals surface area contributed by atoms with Crippen LogP contribution in [-0.2, 0) is 0 Å². The summed E-state index contributed by atoms with van der Waals surface area (Å²) in [7, 11) is 0. The Morgan fingerprint density at radius 2 is 0.930 bits per heavy atom. The second kappa shape index (κ2) is 12.3. The second-order valence-electron chi connectivity index (χ2n) is 14.4. The molecule has 0 radical (unpaired) electrons. The molecule has 57 heavy (non-hydrogen) atoms. The highest BCUT2D eigenvalue weighted by atomic mass is 16.3. The minimum Gasteiger partial charge on any atom is -0.456 e. The standard InChI is InChI=1S/C51H30N4O2/c1-3-13-31(14-4-1)49-52-50(54-51(53-49)42-22-12-20-40-36-17-7-9-23-43(36)55(47(40)42)34-15-5-2-6-16-34)33-26-28-39-38-27-25-32(29-45(38)56-46(39)30-33)35-19-11-21-41-37-18-8-10-24-44(37)57-48(35)41/h1-30H. The average molecular weight is 731 g/mol. The molecule has 0 atom stereocenters. The lowest BCUT2D eigenvalue weighted by molar-refractivity contribution is 0.668. The highest BCUT2D eigenvalue weighted by molar-refractivity contribution is 6.14. The number of aromatic nitrogens is 4. The summed E-state index contributed by atoms with van der Waals surface area (Å²) < 4.78 is 15.3. The van der Waals surface area contributed by atoms with Gasteiger partial charge in [-0.2, -0.15) is 0 Å². The Bertz CT molecular complexity index is 3530. The third-order valence-electron chi connectivity index (χ3n) is 11.1. The van der Waals surface area contributed by atoms with Crippen LogP contribution in [0, 0.1) is 0 Å². The first-order chi connectivity index (χ1) is 28.2. The van der Waals surface area contributed by atoms with Gasteiger partial charge in [0.15, 0.2) is 17.5 Å². The van der Waals surface area contributed by atoms with Gasteiger partial charge in [0.25, 0.3) is 0 Å². The number of rotatable bonds is 5. The molecule has 0 saturated carbocycles. The third kappa shape index (κ3) is 4.94. The molecule has 0 saturated heterocycles. The van der Waals surface area contributed by atoms with Crippen molar-refractivity contribution in [2.24, 2.45) is 0 Å². The molecule has 4 heterocycles. The Balaban J connectivity index is 1.03. The van der Waals surface area contributed by atoms with Crippen LogP contribution < -0.4 is 0 Å². The van der Waals surface area contributed by atoms with Gasteiger partial charge in [-0.3, -0.25) is 0 Å². The van der Waals surface area contributed by atoms with E-state index in [1.54, 1.807) is 0 Å². The van der Waals surface area contributed by atoms with Crippen molar-refractivity contribution in [1.82, 2.24) is 19.5 Å². The third-order valence-corrected chi connectivity index (χ3v) is 11.1. The van der Waals surface area contributed by atoms with E-state index in [-0.39, 0.29) is 0 Å². The molecule has 266 valence electrons. The predicted molar refractivity (Wildman–Crippen MR) is 230 cm³/mol. The summed E-state index contributed by atoms with van der Waals surface area (Å²) in [4.78, 5) is 15.5. The van der Waals surface area contributed by atoms with Crippen LogP contribution in [0.25, 0.3) is 117 Å². The molecule has 6 heteroatoms. The second-order valence-corrected chi connectivity index (χ2v) is 14.4. The van der Waals surface area contributed by atoms with E-state index in [1.807, 2.05) is 60.7 Å². The Morgan fingerprint density at radius 1 is 0.351 bits per heavy atom. The van der Waals surface area contributed by atoms with Crippen molar-refractivity contribution < 1.29 is 8.83 Å². The summed E-state index contributed by atoms with van der Waals surface area (Å²) in [5.41, 5.74) is 11.3. The van der Waals surface area contributed by atoms with E-state index in [4.69, 9.17) is 23.8 Å². The van der Waals surface area contributed by atoms with E-state index in [2.05, 4.69) is 126 Å². The first-order valence-corrected chi connectivity index (χ1v) is 19.0. The zero-order valence-corrected chi connectivity index (χ0v) is 30.4. The van der Waals surface area contributed by atoms with E-state index in [9.17, 15) is 0 Å². The van der Waals surface area contributed by atoms with Crippen LogP contribution in [0.2, 0.25) is 0 Å². The quantitative estimate of drug-likeness (QED) is 0.176. The largest absolute Gasteiger partial charge is 0.456 e. The van der Waals surface area contributed by atoms with Crippen LogP contribution in [0.1, 0.15) is 0 Å². The zero-order chi connectivity index (χ0) is 37.5. The maximum Gasteiger partial charge on any atom is 0.166 e. The molecule has 0 aliphatic carbocycles. The van der Waals surface area contributed by atoms with Crippen LogP contribution in [-0.4, -0.2) is 19.5 Å². The van der Waals surface area contributed by atoms with Crippen LogP contribution in [0.4, 0.5) is 0 Å². The van der Waals surface area contributed by atoms with Gasteiger partial charge < -0.3 is 13.4 Å². The van der Waals surface area contributed by atoms with Crippen molar-refractivity contribution in [2.45, 2.75) is 0 Å². The van der Waals surface area contributed by atoms with Gasteiger partial charge in [-0.05, 0) is 60.2 Å². The van der Waals surface area contributed by atoms with E-state index in [0.717, 1.165) is 93.8 Å². The van der Waals surface area contributed by atoms with E-state index < -0.39 is 0 Å². The number of hydrogen-bond acceptors (Lipinski definition) is 5. The van der Waals surface area contributed by atoms with E-state index in [1.165, 1.54) is 5.39 Å². The summed E-state index contributed by atoms with van der Waals surface area (Å²) in [6.45, 7) is 0. The van der Waals surface area contributed by atoms with Gasteiger partial charge in [-0.1, -0.05) is 127 Å². The fourth-order valence-electron chi connectivity index (χ4n) is 8.44. The summed E-state index contributed by atoms with van der Waals surface area (Å²) in [5, 5.41) is 6.58. The maximum atomic E-state index is 6.63. The van der Waals surface area contributed by atoms with E-state index in [0.29, 0.717) is 17.5 Å². The van der Waals surface area contributed by atoms with Crippen molar-refractivity contribution >= 4 is 65.7 Å². The summed E-state index contributed by atoms with van der Waals surface area (Å²) in [6.07, 6.45) is 0. The molecule has 8 aromatic carbocycles. The van der Waals surface area contributed by atoms with Gasteiger partial charge in [0.05, 0.1) is 11.0 Å². The van der Waals surface area contributed by atoms with Gasteiger partial charge in [-0.25, -0.2) is 15.0 Å². The molecule has 0 N–H and O–H groups in total. The highest BCUT2D eigenvalue weighted by Gasteiger charge is 2.21. The fraction of sp³-hybridized carbons (Fsp3) is 0. The Hall–Kier alpha value is -7.83. The molecule has 0 spiro atoms. The Labute approximate surface area is 325 Å². The molecule has 12 rings (SSSR count). The summed E-state index contributed by atoms with van der Waals surface area (Å²) in [6, 6.07) is 62.6. The molecular weight excluding hydrogens is 701 g/mol. The van der Waals surface area contributed by atoms with Gasteiger partial charge >= 0.3 is 0 Å². The topological polar surface area (TPSA) is 69.9 Å². The predicted octanol–water partition coefficient (Wildman–Crippen LogP) is 13.4. The van der Waals surface area contributed by atoms with Crippen molar-refractivity contribution in [3.8, 4) is 51.0 Å². The lowest BCUT2D eigenvalue weighted by atomic mass is 10.0. The molecule has 0 bridgehead atoms. The number of hydrogen-bond donors (Lipinski definition) is 0. The molecule has 0 aliphatic rings. The van der Waals surface area contributed by atoms with Crippen LogP contribution >= 0.6 is 0 Å². The minimum absolute atomic E-state index is 0.567. The maximum absolute atomic E-state index is 6.63. The number of furan rings is 2. The normalized spacial score (nSPS) is 11.9. The highest BCUT2D eigenvalue weighted by Crippen LogP contribution is 2.41. The van der Waals surface area contributed by atoms with Crippen LogP contribution in [0.3, 0.4) is 0 Å². The fourth-order valence-corrected chi connectivity index (χ4v) is 8.44. The first-order valence-electron chi connectivity index (χ1n) is 19.0. The molecule has 0 fully saturated rings. The minimum atomic E-state index is 0.567. The first kappa shape index (κ1) is 31.5. The summed E-state index contributed by atoms with van der Waals surface area (Å²) >= 11 is 0. The van der Waals surface area contributed by atoms with Crippen molar-refractivity contribution in [3.63, 3.8) is 0 Å². The molecule has 4 aromatic heterocycles. The SMILES string of the molecule is c1ccc(-c2nc(-c3ccc4c(c3)oc3cc(-c5cccc6c5oc5ccccc56)ccc34)nc(-c3cccc4c5ccccc5n(-c5ccccc5)c34)n2)cc1. The lowest BCUT2D eigenvalue weighted by Crippen LogP contribution is -2.02. The molecule has 6 nitrogen and oxygen atoms in total. The van der Waals surface area contributed by atoms with Gasteiger partial charge in [0.2, 0.25) is 0 Å². The van der Waals surface area contributed by atoms with Crippen LogP contribution in [0.5, 0.6) is 0 Å². The number of para-hydroxylation sites is 5. The molecule has 0 amide bonds. The monoisotopic (exact) mass is 730 g/mol. The van der Waals surface area contributed by atoms with Gasteiger partial charge in [-0.15, -0.1) is 0 Å². The van der Waals surface area contributed by atoms with Gasteiger partial charge in [0, 0.05) is 60.3 Å². The average Bonchev–Trinajstić information content (AvgIpc) is 3.96. The molecule has 0 unspecified atom stereocenters. The van der Waals surface area contributed by atoms with Crippen molar-refractivity contribution in [2.75, 3.05) is 0 Å². The Morgan fingerprint density at radius 3 is 1.74 bits per heavy atom. The summed E-state index contributed by atoms with van der Waals surface area (Å²) in [5.74, 6) is 1.76. The smallest absolute Gasteiger partial charge is 0.166 e. The number of fused-ring (bicyclic) bond motifs is 9. The molecule has 12 aromatic rings.